The monoisotopic (exact) mass is 188 g/mol. The highest BCUT2D eigenvalue weighted by atomic mass is 16.5. The Hall–Kier alpha value is -1.91. The maximum atomic E-state index is 5.61. The van der Waals surface area contributed by atoms with Crippen LogP contribution in [0.2, 0.25) is 0 Å². The Labute approximate surface area is 80.6 Å². The third-order valence-corrected chi connectivity index (χ3v) is 2.15. The molecule has 5 heteroatoms. The number of hydrogen-bond donors (Lipinski definition) is 1. The van der Waals surface area contributed by atoms with Crippen molar-refractivity contribution in [3.8, 4) is 0 Å². The molecule has 0 aromatic heterocycles. The molecule has 3 aliphatic rings. The van der Waals surface area contributed by atoms with Crippen LogP contribution < -0.4 is 5.32 Å². The summed E-state index contributed by atoms with van der Waals surface area (Å²) in [6.45, 7) is 0.562. The van der Waals surface area contributed by atoms with Crippen LogP contribution in [0.5, 0.6) is 0 Å². The molecule has 70 valence electrons. The zero-order valence-electron chi connectivity index (χ0n) is 7.34. The van der Waals surface area contributed by atoms with Gasteiger partial charge in [0.05, 0.1) is 5.57 Å². The summed E-state index contributed by atoms with van der Waals surface area (Å²) >= 11 is 0. The Morgan fingerprint density at radius 3 is 3.43 bits per heavy atom. The maximum absolute atomic E-state index is 5.61. The Balaban J connectivity index is 2.02. The second kappa shape index (κ2) is 2.80. The SMILES string of the molecule is C1=NC=NC2OC3=C(C=NCN3)C=C12. The van der Waals surface area contributed by atoms with Crippen molar-refractivity contribution in [2.75, 3.05) is 6.67 Å². The number of ether oxygens (including phenoxy) is 1. The van der Waals surface area contributed by atoms with Crippen LogP contribution in [0.4, 0.5) is 0 Å². The molecule has 5 nitrogen and oxygen atoms in total. The summed E-state index contributed by atoms with van der Waals surface area (Å²) in [6, 6.07) is 0. The van der Waals surface area contributed by atoms with Crippen molar-refractivity contribution in [2.24, 2.45) is 15.0 Å². The van der Waals surface area contributed by atoms with E-state index in [1.165, 1.54) is 6.34 Å². The molecule has 1 N–H and O–H groups in total. The van der Waals surface area contributed by atoms with Crippen LogP contribution in [0.3, 0.4) is 0 Å². The summed E-state index contributed by atoms with van der Waals surface area (Å²) in [5, 5.41) is 3.05. The smallest absolute Gasteiger partial charge is 0.220 e. The van der Waals surface area contributed by atoms with Gasteiger partial charge in [-0.15, -0.1) is 0 Å². The molecule has 0 aromatic carbocycles. The zero-order valence-corrected chi connectivity index (χ0v) is 7.34. The van der Waals surface area contributed by atoms with Gasteiger partial charge in [-0.25, -0.2) is 9.98 Å². The minimum absolute atomic E-state index is 0.245. The molecule has 0 bridgehead atoms. The van der Waals surface area contributed by atoms with Crippen molar-refractivity contribution in [3.05, 3.63) is 23.1 Å². The molecular weight excluding hydrogens is 180 g/mol. The van der Waals surface area contributed by atoms with Gasteiger partial charge in [-0.2, -0.15) is 0 Å². The van der Waals surface area contributed by atoms with Crippen molar-refractivity contribution >= 4 is 18.8 Å². The number of nitrogens with zero attached hydrogens (tertiary/aromatic N) is 3. The number of allylic oxidation sites excluding steroid dienone is 2. The van der Waals surface area contributed by atoms with E-state index in [1.54, 1.807) is 12.4 Å². The van der Waals surface area contributed by atoms with Gasteiger partial charge in [-0.05, 0) is 6.08 Å². The largest absolute Gasteiger partial charge is 0.449 e. The molecule has 0 saturated carbocycles. The Kier molecular flexibility index (Phi) is 1.50. The van der Waals surface area contributed by atoms with Gasteiger partial charge in [0, 0.05) is 18.0 Å². The quantitative estimate of drug-likeness (QED) is 0.591. The number of hydrogen-bond acceptors (Lipinski definition) is 5. The first-order chi connectivity index (χ1) is 6.93. The number of aliphatic imine (C=N–C) groups is 3. The molecule has 3 heterocycles. The molecule has 0 amide bonds. The standard InChI is InChI=1S/C9H8N4O/c1-6-2-10-4-12-8(6)14-9-7(1)3-11-5-13-9/h1-4,8,13H,5H2. The second-order valence-electron chi connectivity index (χ2n) is 3.09. The Bertz CT molecular complexity index is 417. The zero-order chi connectivity index (χ0) is 9.38. The van der Waals surface area contributed by atoms with Gasteiger partial charge in [-0.1, -0.05) is 0 Å². The third-order valence-electron chi connectivity index (χ3n) is 2.15. The average Bonchev–Trinajstić information content (AvgIpc) is 2.26. The molecule has 0 aliphatic carbocycles. The van der Waals surface area contributed by atoms with E-state index >= 15 is 0 Å². The van der Waals surface area contributed by atoms with Crippen molar-refractivity contribution in [3.63, 3.8) is 0 Å². The molecule has 0 saturated heterocycles. The molecular formula is C9H8N4O. The Morgan fingerprint density at radius 1 is 1.43 bits per heavy atom. The second-order valence-corrected chi connectivity index (χ2v) is 3.09. The van der Waals surface area contributed by atoms with E-state index in [0.29, 0.717) is 6.67 Å². The maximum Gasteiger partial charge on any atom is 0.220 e. The summed E-state index contributed by atoms with van der Waals surface area (Å²) in [4.78, 5) is 12.2. The van der Waals surface area contributed by atoms with Gasteiger partial charge in [0.25, 0.3) is 0 Å². The van der Waals surface area contributed by atoms with Crippen LogP contribution in [-0.4, -0.2) is 31.7 Å². The van der Waals surface area contributed by atoms with E-state index < -0.39 is 0 Å². The molecule has 0 radical (unpaired) electrons. The lowest BCUT2D eigenvalue weighted by atomic mass is 10.1. The summed E-state index contributed by atoms with van der Waals surface area (Å²) < 4.78 is 5.61. The van der Waals surface area contributed by atoms with Crippen LogP contribution >= 0.6 is 0 Å². The highest BCUT2D eigenvalue weighted by molar-refractivity contribution is 5.93. The lowest BCUT2D eigenvalue weighted by molar-refractivity contribution is 0.134. The van der Waals surface area contributed by atoms with Gasteiger partial charge >= 0.3 is 0 Å². The van der Waals surface area contributed by atoms with E-state index in [4.69, 9.17) is 4.74 Å². The lowest BCUT2D eigenvalue weighted by Gasteiger charge is -2.26. The predicted molar refractivity (Wildman–Crippen MR) is 53.5 cm³/mol. The van der Waals surface area contributed by atoms with E-state index in [0.717, 1.165) is 17.0 Å². The van der Waals surface area contributed by atoms with Crippen LogP contribution in [0.25, 0.3) is 0 Å². The summed E-state index contributed by atoms with van der Waals surface area (Å²) in [5.74, 6) is 0.751. The highest BCUT2D eigenvalue weighted by Gasteiger charge is 2.24. The fourth-order valence-corrected chi connectivity index (χ4v) is 1.50. The predicted octanol–water partition coefficient (Wildman–Crippen LogP) is 0.225. The first-order valence-corrected chi connectivity index (χ1v) is 4.34. The molecule has 0 spiro atoms. The summed E-state index contributed by atoms with van der Waals surface area (Å²) in [5.41, 5.74) is 1.91. The van der Waals surface area contributed by atoms with Crippen LogP contribution in [0, 0.1) is 0 Å². The first-order valence-electron chi connectivity index (χ1n) is 4.34. The topological polar surface area (TPSA) is 58.3 Å². The van der Waals surface area contributed by atoms with Crippen molar-refractivity contribution in [1.82, 2.24) is 5.32 Å². The van der Waals surface area contributed by atoms with Crippen molar-refractivity contribution in [1.29, 1.82) is 0 Å². The average molecular weight is 188 g/mol. The summed E-state index contributed by atoms with van der Waals surface area (Å²) in [7, 11) is 0. The third kappa shape index (κ3) is 1.06. The molecule has 1 unspecified atom stereocenters. The fraction of sp³-hybridized carbons (Fsp3) is 0.222. The van der Waals surface area contributed by atoms with Crippen LogP contribution in [-0.2, 0) is 4.74 Å². The highest BCUT2D eigenvalue weighted by Crippen LogP contribution is 2.23. The van der Waals surface area contributed by atoms with Crippen LogP contribution in [0.1, 0.15) is 0 Å². The van der Waals surface area contributed by atoms with E-state index in [9.17, 15) is 0 Å². The fourth-order valence-electron chi connectivity index (χ4n) is 1.50. The molecule has 3 rings (SSSR count). The van der Waals surface area contributed by atoms with E-state index in [-0.39, 0.29) is 6.23 Å². The van der Waals surface area contributed by atoms with Gasteiger partial charge in [0.1, 0.15) is 13.0 Å². The minimum Gasteiger partial charge on any atom is -0.449 e. The van der Waals surface area contributed by atoms with Gasteiger partial charge in [-0.3, -0.25) is 4.99 Å². The van der Waals surface area contributed by atoms with E-state index in [1.807, 2.05) is 6.08 Å². The van der Waals surface area contributed by atoms with Crippen molar-refractivity contribution in [2.45, 2.75) is 6.23 Å². The summed E-state index contributed by atoms with van der Waals surface area (Å²) in [6.07, 6.45) is 6.79. The number of fused-ring (bicyclic) bond motifs is 1. The minimum atomic E-state index is -0.245. The first kappa shape index (κ1) is 7.49. The Morgan fingerprint density at radius 2 is 2.43 bits per heavy atom. The normalized spacial score (nSPS) is 27.4. The van der Waals surface area contributed by atoms with Gasteiger partial charge in [0.15, 0.2) is 5.88 Å². The van der Waals surface area contributed by atoms with E-state index in [2.05, 4.69) is 20.3 Å². The van der Waals surface area contributed by atoms with Gasteiger partial charge < -0.3 is 10.1 Å². The lowest BCUT2D eigenvalue weighted by Crippen LogP contribution is -2.30. The van der Waals surface area contributed by atoms with Crippen molar-refractivity contribution < 1.29 is 4.74 Å². The van der Waals surface area contributed by atoms with Crippen LogP contribution in [0.15, 0.2) is 38.1 Å². The molecule has 14 heavy (non-hydrogen) atoms. The molecule has 0 aromatic rings. The number of rotatable bonds is 0. The van der Waals surface area contributed by atoms with Gasteiger partial charge in [0.2, 0.25) is 6.23 Å². The molecule has 3 aliphatic heterocycles. The number of nitrogens with one attached hydrogen (secondary N) is 1. The molecule has 1 atom stereocenters. The molecule has 0 fully saturated rings.